The molecule has 0 saturated carbocycles. The molecule has 0 aromatic heterocycles. The zero-order chi connectivity index (χ0) is 14.5. The molecule has 2 rings (SSSR count). The number of benzene rings is 2. The van der Waals surface area contributed by atoms with E-state index in [1.807, 2.05) is 0 Å². The van der Waals surface area contributed by atoms with E-state index in [4.69, 9.17) is 0 Å². The molecule has 0 saturated heterocycles. The quantitative estimate of drug-likeness (QED) is 0.901. The van der Waals surface area contributed by atoms with Crippen molar-refractivity contribution in [3.8, 4) is 0 Å². The molecule has 0 spiro atoms. The van der Waals surface area contributed by atoms with Gasteiger partial charge in [0.2, 0.25) is 0 Å². The Hall–Kier alpha value is -2.27. The van der Waals surface area contributed by atoms with Crippen LogP contribution in [-0.4, -0.2) is 17.6 Å². The van der Waals surface area contributed by atoms with E-state index in [1.54, 1.807) is 30.3 Å². The average molecular weight is 277 g/mol. The SMILES string of the molecule is O=C(NC(CO)c1ccccc1)c1c(F)cccc1F. The number of amides is 1. The van der Waals surface area contributed by atoms with Gasteiger partial charge >= 0.3 is 0 Å². The molecule has 2 N–H and O–H groups in total. The molecule has 0 aliphatic carbocycles. The lowest BCUT2D eigenvalue weighted by Crippen LogP contribution is -2.32. The van der Waals surface area contributed by atoms with Gasteiger partial charge in [-0.25, -0.2) is 8.78 Å². The van der Waals surface area contributed by atoms with Gasteiger partial charge in [0, 0.05) is 0 Å². The minimum Gasteiger partial charge on any atom is -0.394 e. The summed E-state index contributed by atoms with van der Waals surface area (Å²) in [7, 11) is 0. The fourth-order valence-electron chi connectivity index (χ4n) is 1.86. The highest BCUT2D eigenvalue weighted by atomic mass is 19.1. The number of carbonyl (C=O) groups excluding carboxylic acids is 1. The molecule has 104 valence electrons. The third kappa shape index (κ3) is 3.00. The Bertz CT molecular complexity index is 582. The Labute approximate surface area is 114 Å². The highest BCUT2D eigenvalue weighted by Gasteiger charge is 2.20. The van der Waals surface area contributed by atoms with Crippen molar-refractivity contribution >= 4 is 5.91 Å². The molecule has 0 heterocycles. The lowest BCUT2D eigenvalue weighted by atomic mass is 10.1. The normalized spacial score (nSPS) is 11.9. The summed E-state index contributed by atoms with van der Waals surface area (Å²) in [4.78, 5) is 11.9. The van der Waals surface area contributed by atoms with Gasteiger partial charge in [0.1, 0.15) is 17.2 Å². The van der Waals surface area contributed by atoms with Crippen molar-refractivity contribution in [3.05, 3.63) is 71.3 Å². The first-order chi connectivity index (χ1) is 9.63. The first kappa shape index (κ1) is 14.1. The Morgan fingerprint density at radius 2 is 1.65 bits per heavy atom. The zero-order valence-electron chi connectivity index (χ0n) is 10.5. The highest BCUT2D eigenvalue weighted by molar-refractivity contribution is 5.95. The third-order valence-corrected chi connectivity index (χ3v) is 2.88. The van der Waals surface area contributed by atoms with Gasteiger partial charge in [-0.3, -0.25) is 4.79 Å². The number of hydrogen-bond donors (Lipinski definition) is 2. The number of nitrogens with one attached hydrogen (secondary N) is 1. The van der Waals surface area contributed by atoms with Crippen molar-refractivity contribution in [2.75, 3.05) is 6.61 Å². The molecule has 2 aromatic rings. The van der Waals surface area contributed by atoms with E-state index >= 15 is 0 Å². The average Bonchev–Trinajstić information content (AvgIpc) is 2.45. The van der Waals surface area contributed by atoms with Crippen LogP contribution >= 0.6 is 0 Å². The number of hydrogen-bond acceptors (Lipinski definition) is 2. The minimum atomic E-state index is -0.938. The van der Waals surface area contributed by atoms with Gasteiger partial charge in [0.15, 0.2) is 0 Å². The number of aliphatic hydroxyl groups excluding tert-OH is 1. The van der Waals surface area contributed by atoms with E-state index in [0.717, 1.165) is 12.1 Å². The second-order valence-electron chi connectivity index (χ2n) is 4.22. The van der Waals surface area contributed by atoms with Gasteiger partial charge in [0.25, 0.3) is 5.91 Å². The largest absolute Gasteiger partial charge is 0.394 e. The monoisotopic (exact) mass is 277 g/mol. The van der Waals surface area contributed by atoms with Crippen molar-refractivity contribution in [2.24, 2.45) is 0 Å². The first-order valence-electron chi connectivity index (χ1n) is 6.04. The van der Waals surface area contributed by atoms with E-state index in [0.29, 0.717) is 5.56 Å². The molecule has 3 nitrogen and oxygen atoms in total. The van der Waals surface area contributed by atoms with E-state index < -0.39 is 29.1 Å². The summed E-state index contributed by atoms with van der Waals surface area (Å²) >= 11 is 0. The van der Waals surface area contributed by atoms with Crippen LogP contribution in [0.15, 0.2) is 48.5 Å². The van der Waals surface area contributed by atoms with Crippen LogP contribution in [0.5, 0.6) is 0 Å². The maximum Gasteiger partial charge on any atom is 0.257 e. The van der Waals surface area contributed by atoms with Crippen molar-refractivity contribution in [3.63, 3.8) is 0 Å². The first-order valence-corrected chi connectivity index (χ1v) is 6.04. The van der Waals surface area contributed by atoms with E-state index in [-0.39, 0.29) is 6.61 Å². The van der Waals surface area contributed by atoms with Crippen molar-refractivity contribution in [1.29, 1.82) is 0 Å². The molecule has 1 atom stereocenters. The summed E-state index contributed by atoms with van der Waals surface area (Å²) in [6.45, 7) is -0.369. The Morgan fingerprint density at radius 3 is 2.20 bits per heavy atom. The van der Waals surface area contributed by atoms with Crippen LogP contribution in [0.2, 0.25) is 0 Å². The van der Waals surface area contributed by atoms with Gasteiger partial charge in [-0.05, 0) is 17.7 Å². The van der Waals surface area contributed by atoms with Gasteiger partial charge in [0.05, 0.1) is 12.6 Å². The predicted molar refractivity (Wildman–Crippen MR) is 70.1 cm³/mol. The molecule has 0 fully saturated rings. The summed E-state index contributed by atoms with van der Waals surface area (Å²) in [6.07, 6.45) is 0. The maximum atomic E-state index is 13.5. The van der Waals surface area contributed by atoms with Crippen LogP contribution in [0, 0.1) is 11.6 Å². The smallest absolute Gasteiger partial charge is 0.257 e. The summed E-state index contributed by atoms with van der Waals surface area (Å²) in [5.74, 6) is -2.77. The Balaban J connectivity index is 2.22. The van der Waals surface area contributed by atoms with Gasteiger partial charge in [-0.2, -0.15) is 0 Å². The topological polar surface area (TPSA) is 49.3 Å². The zero-order valence-corrected chi connectivity index (χ0v) is 10.5. The molecule has 20 heavy (non-hydrogen) atoms. The summed E-state index contributed by atoms with van der Waals surface area (Å²) in [5.41, 5.74) is 0.00183. The summed E-state index contributed by atoms with van der Waals surface area (Å²) in [6, 6.07) is 11.2. The fourth-order valence-corrected chi connectivity index (χ4v) is 1.86. The third-order valence-electron chi connectivity index (χ3n) is 2.88. The van der Waals surface area contributed by atoms with Gasteiger partial charge in [-0.1, -0.05) is 36.4 Å². The van der Waals surface area contributed by atoms with Gasteiger partial charge < -0.3 is 10.4 Å². The molecular formula is C15H13F2NO2. The lowest BCUT2D eigenvalue weighted by Gasteiger charge is -2.17. The molecule has 0 radical (unpaired) electrons. The molecule has 0 aliphatic rings. The van der Waals surface area contributed by atoms with Crippen molar-refractivity contribution in [1.82, 2.24) is 5.32 Å². The van der Waals surface area contributed by atoms with Crippen molar-refractivity contribution < 1.29 is 18.7 Å². The van der Waals surface area contributed by atoms with E-state index in [1.165, 1.54) is 6.07 Å². The second kappa shape index (κ2) is 6.25. The molecule has 0 aliphatic heterocycles. The van der Waals surface area contributed by atoms with Crippen molar-refractivity contribution in [2.45, 2.75) is 6.04 Å². The molecule has 1 unspecified atom stereocenters. The number of carbonyl (C=O) groups is 1. The molecule has 2 aromatic carbocycles. The molecule has 0 bridgehead atoms. The number of rotatable bonds is 4. The van der Waals surface area contributed by atoms with Crippen LogP contribution in [-0.2, 0) is 0 Å². The van der Waals surface area contributed by atoms with Crippen LogP contribution in [0.3, 0.4) is 0 Å². The Morgan fingerprint density at radius 1 is 1.05 bits per heavy atom. The molecule has 1 amide bonds. The molecular weight excluding hydrogens is 264 g/mol. The summed E-state index contributed by atoms with van der Waals surface area (Å²) in [5, 5.41) is 11.7. The van der Waals surface area contributed by atoms with Crippen LogP contribution < -0.4 is 5.32 Å². The minimum absolute atomic E-state index is 0.369. The predicted octanol–water partition coefficient (Wildman–Crippen LogP) is 2.43. The maximum absolute atomic E-state index is 13.5. The number of aliphatic hydroxyl groups is 1. The second-order valence-corrected chi connectivity index (χ2v) is 4.22. The van der Waals surface area contributed by atoms with Crippen LogP contribution in [0.25, 0.3) is 0 Å². The highest BCUT2D eigenvalue weighted by Crippen LogP contribution is 2.16. The van der Waals surface area contributed by atoms with Crippen LogP contribution in [0.1, 0.15) is 22.0 Å². The summed E-state index contributed by atoms with van der Waals surface area (Å²) < 4.78 is 27.0. The fraction of sp³-hybridized carbons (Fsp3) is 0.133. The van der Waals surface area contributed by atoms with Gasteiger partial charge in [-0.15, -0.1) is 0 Å². The Kier molecular flexibility index (Phi) is 4.42. The number of halogens is 2. The molecule has 5 heteroatoms. The van der Waals surface area contributed by atoms with E-state index in [9.17, 15) is 18.7 Å². The van der Waals surface area contributed by atoms with E-state index in [2.05, 4.69) is 5.32 Å². The standard InChI is InChI=1S/C15H13F2NO2/c16-11-7-4-8-12(17)14(11)15(20)18-13(9-19)10-5-2-1-3-6-10/h1-8,13,19H,9H2,(H,18,20). The van der Waals surface area contributed by atoms with Crippen LogP contribution in [0.4, 0.5) is 8.78 Å². The lowest BCUT2D eigenvalue weighted by molar-refractivity contribution is 0.0907.